The zero-order valence-electron chi connectivity index (χ0n) is 11.6. The highest BCUT2D eigenvalue weighted by Gasteiger charge is 2.16. The molecule has 1 heterocycles. The van der Waals surface area contributed by atoms with Gasteiger partial charge in [0.25, 0.3) is 0 Å². The van der Waals surface area contributed by atoms with Gasteiger partial charge in [0.15, 0.2) is 0 Å². The number of rotatable bonds is 4. The Kier molecular flexibility index (Phi) is 4.91. The smallest absolute Gasteiger partial charge is 0.337 e. The van der Waals surface area contributed by atoms with Crippen molar-refractivity contribution in [1.82, 2.24) is 0 Å². The molecule has 0 aliphatic carbocycles. The molecule has 1 aromatic carbocycles. The van der Waals surface area contributed by atoms with Gasteiger partial charge in [-0.3, -0.25) is 5.43 Å². The van der Waals surface area contributed by atoms with Gasteiger partial charge in [-0.05, 0) is 18.2 Å². The maximum atomic E-state index is 11.2. The van der Waals surface area contributed by atoms with E-state index in [2.05, 4.69) is 15.4 Å². The molecule has 2 N–H and O–H groups in total. The van der Waals surface area contributed by atoms with E-state index in [1.807, 2.05) is 0 Å². The van der Waals surface area contributed by atoms with Crippen LogP contribution in [0.5, 0.6) is 0 Å². The summed E-state index contributed by atoms with van der Waals surface area (Å²) < 4.78 is 5.28. The molecule has 0 radical (unpaired) electrons. The number of ether oxygens (including phenoxy) is 1. The summed E-state index contributed by atoms with van der Waals surface area (Å²) in [5.41, 5.74) is 3.15. The number of carbonyl (C=O) groups is 1. The molecule has 1 aliphatic rings. The van der Waals surface area contributed by atoms with Crippen LogP contribution in [0.15, 0.2) is 23.3 Å². The molecule has 112 valence electrons. The highest BCUT2D eigenvalue weighted by Crippen LogP contribution is 2.25. The van der Waals surface area contributed by atoms with E-state index in [1.165, 1.54) is 6.07 Å². The van der Waals surface area contributed by atoms with Gasteiger partial charge in [0.05, 0.1) is 24.5 Å². The van der Waals surface area contributed by atoms with Gasteiger partial charge >= 0.3 is 5.97 Å². The highest BCUT2D eigenvalue weighted by molar-refractivity contribution is 6.10. The summed E-state index contributed by atoms with van der Waals surface area (Å²) in [6.45, 7) is 2.62. The fourth-order valence-electron chi connectivity index (χ4n) is 2.02. The average molecular weight is 299 g/mol. The maximum absolute atomic E-state index is 11.2. The van der Waals surface area contributed by atoms with E-state index >= 15 is 0 Å². The second-order valence-electron chi connectivity index (χ2n) is 4.43. The normalized spacial score (nSPS) is 13.6. The fraction of sp³-hybridized carbons (Fsp3) is 0.286. The Morgan fingerprint density at radius 2 is 2.00 bits per heavy atom. The molecule has 8 heteroatoms. The van der Waals surface area contributed by atoms with E-state index in [4.69, 9.17) is 15.3 Å². The van der Waals surface area contributed by atoms with Crippen LogP contribution in [0.2, 0.25) is 0 Å². The maximum Gasteiger partial charge on any atom is 0.337 e. The van der Waals surface area contributed by atoms with Crippen molar-refractivity contribution in [3.63, 3.8) is 0 Å². The lowest BCUT2D eigenvalue weighted by Gasteiger charge is -2.29. The van der Waals surface area contributed by atoms with Crippen molar-refractivity contribution in [1.29, 1.82) is 10.5 Å². The first-order valence-electron chi connectivity index (χ1n) is 6.49. The van der Waals surface area contributed by atoms with Crippen LogP contribution in [0.1, 0.15) is 10.4 Å². The zero-order valence-corrected chi connectivity index (χ0v) is 11.6. The summed E-state index contributed by atoms with van der Waals surface area (Å²) in [5.74, 6) is -1.12. The van der Waals surface area contributed by atoms with Crippen LogP contribution in [0.4, 0.5) is 11.4 Å². The van der Waals surface area contributed by atoms with Gasteiger partial charge in [-0.1, -0.05) is 0 Å². The summed E-state index contributed by atoms with van der Waals surface area (Å²) in [4.78, 5) is 13.3. The number of carboxylic acid groups (broad SMARTS) is 1. The van der Waals surface area contributed by atoms with Gasteiger partial charge in [0, 0.05) is 18.8 Å². The van der Waals surface area contributed by atoms with Crippen LogP contribution in [-0.4, -0.2) is 43.1 Å². The van der Waals surface area contributed by atoms with Crippen molar-refractivity contribution >= 4 is 23.1 Å². The second kappa shape index (κ2) is 7.07. The number of aromatic carboxylic acids is 1. The number of nitriles is 2. The van der Waals surface area contributed by atoms with Crippen molar-refractivity contribution < 1.29 is 14.6 Å². The van der Waals surface area contributed by atoms with Crippen molar-refractivity contribution in [2.24, 2.45) is 5.10 Å². The van der Waals surface area contributed by atoms with Gasteiger partial charge < -0.3 is 14.7 Å². The monoisotopic (exact) mass is 299 g/mol. The van der Waals surface area contributed by atoms with E-state index in [9.17, 15) is 9.90 Å². The Balaban J connectivity index is 2.32. The van der Waals surface area contributed by atoms with Crippen LogP contribution in [0, 0.1) is 22.7 Å². The molecule has 0 aromatic heterocycles. The fourth-order valence-corrected chi connectivity index (χ4v) is 2.02. The summed E-state index contributed by atoms with van der Waals surface area (Å²) in [6.07, 6.45) is 0. The number of carboxylic acids is 1. The largest absolute Gasteiger partial charge is 0.478 e. The molecular formula is C14H13N5O3. The SMILES string of the molecule is N#CC(C#N)=NNc1cc(N2CCOCC2)ccc1C(=O)O. The Bertz CT molecular complexity index is 665. The molecule has 0 amide bonds. The Morgan fingerprint density at radius 3 is 2.59 bits per heavy atom. The molecule has 0 spiro atoms. The number of hydrazone groups is 1. The first-order chi connectivity index (χ1) is 10.7. The predicted octanol–water partition coefficient (Wildman–Crippen LogP) is 1.04. The van der Waals surface area contributed by atoms with Gasteiger partial charge in [0.1, 0.15) is 12.1 Å². The van der Waals surface area contributed by atoms with Crippen LogP contribution in [0.3, 0.4) is 0 Å². The Morgan fingerprint density at radius 1 is 1.32 bits per heavy atom. The Hall–Kier alpha value is -3.10. The first-order valence-corrected chi connectivity index (χ1v) is 6.49. The number of anilines is 2. The summed E-state index contributed by atoms with van der Waals surface area (Å²) in [6, 6.07) is 8.00. The number of hydrogen-bond donors (Lipinski definition) is 2. The lowest BCUT2D eigenvalue weighted by Crippen LogP contribution is -2.36. The van der Waals surface area contributed by atoms with E-state index in [0.717, 1.165) is 5.69 Å². The molecule has 8 nitrogen and oxygen atoms in total. The quantitative estimate of drug-likeness (QED) is 0.629. The summed E-state index contributed by atoms with van der Waals surface area (Å²) in [7, 11) is 0. The third kappa shape index (κ3) is 3.51. The lowest BCUT2D eigenvalue weighted by molar-refractivity contribution is 0.0698. The average Bonchev–Trinajstić information content (AvgIpc) is 2.56. The van der Waals surface area contributed by atoms with E-state index < -0.39 is 5.97 Å². The highest BCUT2D eigenvalue weighted by atomic mass is 16.5. The van der Waals surface area contributed by atoms with Crippen LogP contribution < -0.4 is 10.3 Å². The molecule has 0 unspecified atom stereocenters. The van der Waals surface area contributed by atoms with Crippen LogP contribution in [-0.2, 0) is 4.74 Å². The number of nitrogens with one attached hydrogen (secondary N) is 1. The van der Waals surface area contributed by atoms with E-state index in [-0.39, 0.29) is 17.0 Å². The third-order valence-electron chi connectivity index (χ3n) is 3.11. The molecule has 1 aromatic rings. The lowest BCUT2D eigenvalue weighted by atomic mass is 10.1. The summed E-state index contributed by atoms with van der Waals surface area (Å²) >= 11 is 0. The molecule has 1 saturated heterocycles. The molecule has 1 fully saturated rings. The molecule has 2 rings (SSSR count). The second-order valence-corrected chi connectivity index (χ2v) is 4.43. The standard InChI is InChI=1S/C14H13N5O3/c15-8-10(9-16)17-18-13-7-11(1-2-12(13)14(20)21)19-3-5-22-6-4-19/h1-2,7,18H,3-6H2,(H,20,21). The molecule has 0 bridgehead atoms. The van der Waals surface area contributed by atoms with Gasteiger partial charge in [0.2, 0.25) is 5.71 Å². The van der Waals surface area contributed by atoms with E-state index in [0.29, 0.717) is 26.3 Å². The first kappa shape index (κ1) is 15.3. The van der Waals surface area contributed by atoms with Crippen molar-refractivity contribution in [2.45, 2.75) is 0 Å². The number of morpholine rings is 1. The van der Waals surface area contributed by atoms with Crippen molar-refractivity contribution in [3.05, 3.63) is 23.8 Å². The zero-order chi connectivity index (χ0) is 15.9. The Labute approximate surface area is 126 Å². The van der Waals surface area contributed by atoms with Crippen LogP contribution >= 0.6 is 0 Å². The number of nitrogens with zero attached hydrogens (tertiary/aromatic N) is 4. The van der Waals surface area contributed by atoms with Gasteiger partial charge in [-0.2, -0.15) is 15.6 Å². The van der Waals surface area contributed by atoms with E-state index in [1.54, 1.807) is 24.3 Å². The molecule has 22 heavy (non-hydrogen) atoms. The molecule has 1 aliphatic heterocycles. The molecular weight excluding hydrogens is 286 g/mol. The third-order valence-corrected chi connectivity index (χ3v) is 3.11. The topological polar surface area (TPSA) is 122 Å². The van der Waals surface area contributed by atoms with Gasteiger partial charge in [-0.15, -0.1) is 0 Å². The molecule has 0 atom stereocenters. The predicted molar refractivity (Wildman–Crippen MR) is 78.7 cm³/mol. The minimum atomic E-state index is -1.12. The minimum absolute atomic E-state index is 0.0102. The van der Waals surface area contributed by atoms with Crippen LogP contribution in [0.25, 0.3) is 0 Å². The number of hydrogen-bond acceptors (Lipinski definition) is 7. The summed E-state index contributed by atoms with van der Waals surface area (Å²) in [5, 5.41) is 30.1. The molecule has 0 saturated carbocycles. The van der Waals surface area contributed by atoms with Crippen molar-refractivity contribution in [3.8, 4) is 12.1 Å². The minimum Gasteiger partial charge on any atom is -0.478 e. The number of benzene rings is 1. The van der Waals surface area contributed by atoms with Crippen molar-refractivity contribution in [2.75, 3.05) is 36.6 Å². The van der Waals surface area contributed by atoms with Gasteiger partial charge in [-0.25, -0.2) is 4.79 Å².